The summed E-state index contributed by atoms with van der Waals surface area (Å²) < 4.78 is 0. The number of hydrogen-bond acceptors (Lipinski definition) is 4. The third-order valence-corrected chi connectivity index (χ3v) is 4.41. The molecule has 1 saturated carbocycles. The van der Waals surface area contributed by atoms with E-state index in [-0.39, 0.29) is 5.91 Å². The number of rotatable bonds is 4. The molecule has 1 aliphatic heterocycles. The molecule has 2 heterocycles. The number of carbonyl (C=O) groups excluding carboxylic acids is 1. The standard InChI is InChI=1S/C13H19N3OS/c17-13(12-8-18-9-15-12)16-5-3-11(4-6-16)14-7-10-1-2-10/h8-11,14H,1-7H2. The van der Waals surface area contributed by atoms with E-state index in [0.29, 0.717) is 11.7 Å². The van der Waals surface area contributed by atoms with Gasteiger partial charge in [-0.05, 0) is 38.1 Å². The lowest BCUT2D eigenvalue weighted by atomic mass is 10.0. The van der Waals surface area contributed by atoms with Crippen LogP contribution in [0.4, 0.5) is 0 Å². The minimum atomic E-state index is 0.0943. The number of carbonyl (C=O) groups is 1. The lowest BCUT2D eigenvalue weighted by molar-refractivity contribution is 0.0700. The molecule has 1 amide bonds. The van der Waals surface area contributed by atoms with Crippen LogP contribution in [0.25, 0.3) is 0 Å². The first-order valence-corrected chi connectivity index (χ1v) is 7.68. The maximum Gasteiger partial charge on any atom is 0.273 e. The number of amides is 1. The predicted molar refractivity (Wildman–Crippen MR) is 71.8 cm³/mol. The molecule has 1 saturated heterocycles. The Bertz CT molecular complexity index is 394. The third-order valence-electron chi connectivity index (χ3n) is 3.83. The van der Waals surface area contributed by atoms with Gasteiger partial charge in [0.05, 0.1) is 5.51 Å². The van der Waals surface area contributed by atoms with Crippen molar-refractivity contribution in [2.45, 2.75) is 31.7 Å². The van der Waals surface area contributed by atoms with Gasteiger partial charge in [-0.1, -0.05) is 0 Å². The molecule has 0 aromatic carbocycles. The summed E-state index contributed by atoms with van der Waals surface area (Å²) in [6.45, 7) is 2.89. The van der Waals surface area contributed by atoms with Gasteiger partial charge in [0.15, 0.2) is 0 Å². The van der Waals surface area contributed by atoms with Crippen LogP contribution in [-0.4, -0.2) is 41.5 Å². The molecule has 1 aromatic rings. The van der Waals surface area contributed by atoms with Crippen LogP contribution >= 0.6 is 11.3 Å². The summed E-state index contributed by atoms with van der Waals surface area (Å²) in [6.07, 6.45) is 4.94. The summed E-state index contributed by atoms with van der Waals surface area (Å²) in [5.74, 6) is 1.02. The molecule has 4 nitrogen and oxygen atoms in total. The molecule has 2 aliphatic rings. The summed E-state index contributed by atoms with van der Waals surface area (Å²) in [7, 11) is 0. The zero-order chi connectivity index (χ0) is 12.4. The Morgan fingerprint density at radius 2 is 2.17 bits per heavy atom. The molecule has 1 N–H and O–H groups in total. The van der Waals surface area contributed by atoms with Crippen molar-refractivity contribution in [2.75, 3.05) is 19.6 Å². The molecule has 0 radical (unpaired) electrons. The van der Waals surface area contributed by atoms with E-state index >= 15 is 0 Å². The average molecular weight is 265 g/mol. The molecular weight excluding hydrogens is 246 g/mol. The maximum atomic E-state index is 12.1. The van der Waals surface area contributed by atoms with E-state index < -0.39 is 0 Å². The van der Waals surface area contributed by atoms with Crippen molar-refractivity contribution in [3.05, 3.63) is 16.6 Å². The monoisotopic (exact) mass is 265 g/mol. The van der Waals surface area contributed by atoms with Gasteiger partial charge in [0.2, 0.25) is 0 Å². The van der Waals surface area contributed by atoms with Crippen LogP contribution in [0.1, 0.15) is 36.2 Å². The second-order valence-electron chi connectivity index (χ2n) is 5.29. The summed E-state index contributed by atoms with van der Waals surface area (Å²) in [5, 5.41) is 5.46. The van der Waals surface area contributed by atoms with E-state index in [1.807, 2.05) is 10.3 Å². The Hall–Kier alpha value is -0.940. The molecule has 0 spiro atoms. The molecule has 3 rings (SSSR count). The van der Waals surface area contributed by atoms with Gasteiger partial charge >= 0.3 is 0 Å². The smallest absolute Gasteiger partial charge is 0.273 e. The van der Waals surface area contributed by atoms with Crippen LogP contribution in [0, 0.1) is 5.92 Å². The van der Waals surface area contributed by atoms with Crippen LogP contribution in [-0.2, 0) is 0 Å². The van der Waals surface area contributed by atoms with Crippen molar-refractivity contribution >= 4 is 17.2 Å². The number of nitrogens with zero attached hydrogens (tertiary/aromatic N) is 2. The Morgan fingerprint density at radius 3 is 2.78 bits per heavy atom. The molecule has 0 bridgehead atoms. The summed E-state index contributed by atoms with van der Waals surface area (Å²) >= 11 is 1.48. The number of thiazole rings is 1. The van der Waals surface area contributed by atoms with E-state index in [9.17, 15) is 4.79 Å². The summed E-state index contributed by atoms with van der Waals surface area (Å²) in [6, 6.07) is 0.602. The van der Waals surface area contributed by atoms with Crippen molar-refractivity contribution in [3.63, 3.8) is 0 Å². The van der Waals surface area contributed by atoms with Crippen molar-refractivity contribution in [2.24, 2.45) is 5.92 Å². The number of nitrogens with one attached hydrogen (secondary N) is 1. The highest BCUT2D eigenvalue weighted by Gasteiger charge is 2.26. The molecule has 18 heavy (non-hydrogen) atoms. The van der Waals surface area contributed by atoms with Crippen molar-refractivity contribution in [1.29, 1.82) is 0 Å². The minimum Gasteiger partial charge on any atom is -0.337 e. The topological polar surface area (TPSA) is 45.2 Å². The highest BCUT2D eigenvalue weighted by atomic mass is 32.1. The van der Waals surface area contributed by atoms with Crippen molar-refractivity contribution in [3.8, 4) is 0 Å². The predicted octanol–water partition coefficient (Wildman–Crippen LogP) is 1.75. The fourth-order valence-electron chi connectivity index (χ4n) is 2.42. The van der Waals surface area contributed by atoms with Gasteiger partial charge in [0.1, 0.15) is 5.69 Å². The van der Waals surface area contributed by atoms with Gasteiger partial charge in [-0.2, -0.15) is 0 Å². The van der Waals surface area contributed by atoms with E-state index in [4.69, 9.17) is 0 Å². The fraction of sp³-hybridized carbons (Fsp3) is 0.692. The maximum absolute atomic E-state index is 12.1. The van der Waals surface area contributed by atoms with Gasteiger partial charge < -0.3 is 10.2 Å². The van der Waals surface area contributed by atoms with Gasteiger partial charge in [-0.3, -0.25) is 4.79 Å². The SMILES string of the molecule is O=C(c1cscn1)N1CCC(NCC2CC2)CC1. The zero-order valence-corrected chi connectivity index (χ0v) is 11.3. The van der Waals surface area contributed by atoms with E-state index in [1.165, 1.54) is 30.7 Å². The Labute approximate surface area is 111 Å². The number of aromatic nitrogens is 1. The molecule has 98 valence electrons. The molecule has 1 aromatic heterocycles. The number of hydrogen-bond donors (Lipinski definition) is 1. The Morgan fingerprint density at radius 1 is 1.39 bits per heavy atom. The lowest BCUT2D eigenvalue weighted by Crippen LogP contribution is -2.45. The lowest BCUT2D eigenvalue weighted by Gasteiger charge is -2.32. The second kappa shape index (κ2) is 5.36. The van der Waals surface area contributed by atoms with Gasteiger partial charge in [-0.25, -0.2) is 4.98 Å². The normalized spacial score (nSPS) is 21.2. The van der Waals surface area contributed by atoms with E-state index in [0.717, 1.165) is 31.8 Å². The first-order valence-electron chi connectivity index (χ1n) is 6.74. The van der Waals surface area contributed by atoms with Crippen LogP contribution in [0.3, 0.4) is 0 Å². The van der Waals surface area contributed by atoms with E-state index in [2.05, 4.69) is 10.3 Å². The molecule has 2 fully saturated rings. The quantitative estimate of drug-likeness (QED) is 0.902. The highest BCUT2D eigenvalue weighted by molar-refractivity contribution is 7.07. The largest absolute Gasteiger partial charge is 0.337 e. The van der Waals surface area contributed by atoms with Gasteiger partial charge in [0, 0.05) is 24.5 Å². The molecule has 0 unspecified atom stereocenters. The average Bonchev–Trinajstić information content (AvgIpc) is 3.08. The molecular formula is C13H19N3OS. The summed E-state index contributed by atoms with van der Waals surface area (Å²) in [4.78, 5) is 18.1. The molecule has 0 atom stereocenters. The Balaban J connectivity index is 1.45. The Kier molecular flexibility index (Phi) is 3.61. The summed E-state index contributed by atoms with van der Waals surface area (Å²) in [5.41, 5.74) is 2.32. The van der Waals surface area contributed by atoms with Crippen molar-refractivity contribution < 1.29 is 4.79 Å². The minimum absolute atomic E-state index is 0.0943. The van der Waals surface area contributed by atoms with Crippen LogP contribution in [0.5, 0.6) is 0 Å². The van der Waals surface area contributed by atoms with Crippen LogP contribution in [0.2, 0.25) is 0 Å². The number of piperidine rings is 1. The second-order valence-corrected chi connectivity index (χ2v) is 6.01. The molecule has 1 aliphatic carbocycles. The highest BCUT2D eigenvalue weighted by Crippen LogP contribution is 2.28. The first kappa shape index (κ1) is 12.1. The van der Waals surface area contributed by atoms with Gasteiger partial charge in [0.25, 0.3) is 5.91 Å². The third kappa shape index (κ3) is 2.90. The van der Waals surface area contributed by atoms with Crippen LogP contribution in [0.15, 0.2) is 10.9 Å². The number of likely N-dealkylation sites (tertiary alicyclic amines) is 1. The fourth-order valence-corrected chi connectivity index (χ4v) is 2.95. The van der Waals surface area contributed by atoms with Crippen LogP contribution < -0.4 is 5.32 Å². The van der Waals surface area contributed by atoms with Gasteiger partial charge in [-0.15, -0.1) is 11.3 Å². The van der Waals surface area contributed by atoms with E-state index in [1.54, 1.807) is 5.51 Å². The molecule has 5 heteroatoms. The van der Waals surface area contributed by atoms with Crippen molar-refractivity contribution in [1.82, 2.24) is 15.2 Å². The zero-order valence-electron chi connectivity index (χ0n) is 10.5. The first-order chi connectivity index (χ1) is 8.83.